The van der Waals surface area contributed by atoms with E-state index in [4.69, 9.17) is 5.11 Å². The van der Waals surface area contributed by atoms with Crippen molar-refractivity contribution in [3.8, 4) is 0 Å². The molecule has 1 N–H and O–H groups in total. The molecule has 0 fully saturated rings. The average molecular weight is 159 g/mol. The fraction of sp³-hybridized carbons (Fsp3) is 1.00. The normalized spacial score (nSPS) is 14.5. The van der Waals surface area contributed by atoms with E-state index in [9.17, 15) is 0 Å². The summed E-state index contributed by atoms with van der Waals surface area (Å²) < 4.78 is 0. The lowest BCUT2D eigenvalue weighted by atomic mass is 10.2. The molecule has 2 heteroatoms. The fourth-order valence-corrected chi connectivity index (χ4v) is 1.21. The standard InChI is InChI=1S/C9H21NO/c1-5-10(6-8(2)3)9(4)7-11/h8-9,11H,5-7H2,1-4H3. The Hall–Kier alpha value is -0.0800. The minimum absolute atomic E-state index is 0.264. The van der Waals surface area contributed by atoms with E-state index in [0.717, 1.165) is 13.1 Å². The Kier molecular flexibility index (Phi) is 5.51. The van der Waals surface area contributed by atoms with Crippen molar-refractivity contribution in [2.24, 2.45) is 5.92 Å². The van der Waals surface area contributed by atoms with Gasteiger partial charge in [-0.15, -0.1) is 0 Å². The first-order chi connectivity index (χ1) is 5.11. The van der Waals surface area contributed by atoms with Gasteiger partial charge in [-0.1, -0.05) is 20.8 Å². The lowest BCUT2D eigenvalue weighted by Gasteiger charge is -2.27. The van der Waals surface area contributed by atoms with Crippen LogP contribution in [0.2, 0.25) is 0 Å². The summed E-state index contributed by atoms with van der Waals surface area (Å²) in [6, 6.07) is 0.308. The summed E-state index contributed by atoms with van der Waals surface area (Å²) >= 11 is 0. The zero-order valence-electron chi connectivity index (χ0n) is 8.17. The molecule has 2 nitrogen and oxygen atoms in total. The van der Waals surface area contributed by atoms with Gasteiger partial charge >= 0.3 is 0 Å². The average Bonchev–Trinajstić information content (AvgIpc) is 1.98. The molecule has 0 aromatic rings. The van der Waals surface area contributed by atoms with Gasteiger partial charge < -0.3 is 5.11 Å². The van der Waals surface area contributed by atoms with Gasteiger partial charge in [-0.3, -0.25) is 4.90 Å². The summed E-state index contributed by atoms with van der Waals surface area (Å²) in [6.07, 6.45) is 0. The van der Waals surface area contributed by atoms with Crippen molar-refractivity contribution in [1.29, 1.82) is 0 Å². The molecule has 0 amide bonds. The Bertz CT molecular complexity index is 93.6. The van der Waals surface area contributed by atoms with Gasteiger partial charge in [-0.25, -0.2) is 0 Å². The van der Waals surface area contributed by atoms with Crippen LogP contribution in [0, 0.1) is 5.92 Å². The molecular weight excluding hydrogens is 138 g/mol. The molecular formula is C9H21NO. The molecule has 1 unspecified atom stereocenters. The number of likely N-dealkylation sites (N-methyl/N-ethyl adjacent to an activating group) is 1. The quantitative estimate of drug-likeness (QED) is 0.654. The molecule has 0 aliphatic carbocycles. The van der Waals surface area contributed by atoms with Crippen LogP contribution in [0.3, 0.4) is 0 Å². The van der Waals surface area contributed by atoms with Crippen LogP contribution in [0.15, 0.2) is 0 Å². The second-order valence-electron chi connectivity index (χ2n) is 3.51. The highest BCUT2D eigenvalue weighted by atomic mass is 16.3. The first-order valence-corrected chi connectivity index (χ1v) is 4.46. The first kappa shape index (κ1) is 10.9. The van der Waals surface area contributed by atoms with E-state index in [2.05, 4.69) is 32.6 Å². The van der Waals surface area contributed by atoms with Crippen LogP contribution >= 0.6 is 0 Å². The van der Waals surface area contributed by atoms with E-state index < -0.39 is 0 Å². The van der Waals surface area contributed by atoms with Gasteiger partial charge in [0.25, 0.3) is 0 Å². The second kappa shape index (κ2) is 5.56. The molecule has 0 aromatic heterocycles. The van der Waals surface area contributed by atoms with Crippen molar-refractivity contribution in [2.75, 3.05) is 19.7 Å². The Labute approximate surface area is 70.2 Å². The molecule has 0 rings (SSSR count). The maximum Gasteiger partial charge on any atom is 0.0584 e. The third-order valence-corrected chi connectivity index (χ3v) is 1.89. The number of hydrogen-bond acceptors (Lipinski definition) is 2. The van der Waals surface area contributed by atoms with Gasteiger partial charge in [0.15, 0.2) is 0 Å². The summed E-state index contributed by atoms with van der Waals surface area (Å²) in [5.41, 5.74) is 0. The van der Waals surface area contributed by atoms with Crippen molar-refractivity contribution in [3.05, 3.63) is 0 Å². The van der Waals surface area contributed by atoms with E-state index >= 15 is 0 Å². The Morgan fingerprint density at radius 2 is 1.82 bits per heavy atom. The molecule has 0 spiro atoms. The Balaban J connectivity index is 3.74. The van der Waals surface area contributed by atoms with Crippen molar-refractivity contribution in [1.82, 2.24) is 4.90 Å². The van der Waals surface area contributed by atoms with Gasteiger partial charge in [-0.05, 0) is 19.4 Å². The lowest BCUT2D eigenvalue weighted by molar-refractivity contribution is 0.128. The Morgan fingerprint density at radius 1 is 1.27 bits per heavy atom. The monoisotopic (exact) mass is 159 g/mol. The molecule has 0 aromatic carbocycles. The van der Waals surface area contributed by atoms with E-state index in [0.29, 0.717) is 12.0 Å². The van der Waals surface area contributed by atoms with Gasteiger partial charge in [0.1, 0.15) is 0 Å². The van der Waals surface area contributed by atoms with Crippen molar-refractivity contribution >= 4 is 0 Å². The predicted octanol–water partition coefficient (Wildman–Crippen LogP) is 1.35. The fourth-order valence-electron chi connectivity index (χ4n) is 1.21. The summed E-state index contributed by atoms with van der Waals surface area (Å²) in [5.74, 6) is 0.684. The second-order valence-corrected chi connectivity index (χ2v) is 3.51. The van der Waals surface area contributed by atoms with Crippen molar-refractivity contribution < 1.29 is 5.11 Å². The molecule has 1 atom stereocenters. The highest BCUT2D eigenvalue weighted by Crippen LogP contribution is 2.02. The van der Waals surface area contributed by atoms with Gasteiger partial charge in [-0.2, -0.15) is 0 Å². The topological polar surface area (TPSA) is 23.5 Å². The molecule has 0 radical (unpaired) electrons. The van der Waals surface area contributed by atoms with E-state index in [1.807, 2.05) is 0 Å². The number of rotatable bonds is 5. The minimum atomic E-state index is 0.264. The van der Waals surface area contributed by atoms with E-state index in [1.165, 1.54) is 0 Å². The zero-order valence-corrected chi connectivity index (χ0v) is 8.17. The first-order valence-electron chi connectivity index (χ1n) is 4.46. The Morgan fingerprint density at radius 3 is 2.09 bits per heavy atom. The highest BCUT2D eigenvalue weighted by Gasteiger charge is 2.11. The van der Waals surface area contributed by atoms with Crippen LogP contribution in [0.1, 0.15) is 27.7 Å². The molecule has 0 saturated heterocycles. The zero-order chi connectivity index (χ0) is 8.85. The highest BCUT2D eigenvalue weighted by molar-refractivity contribution is 4.65. The summed E-state index contributed by atoms with van der Waals surface area (Å²) in [5, 5.41) is 8.91. The van der Waals surface area contributed by atoms with Crippen LogP contribution in [-0.2, 0) is 0 Å². The largest absolute Gasteiger partial charge is 0.395 e. The van der Waals surface area contributed by atoms with Gasteiger partial charge in [0.2, 0.25) is 0 Å². The third kappa shape index (κ3) is 4.38. The van der Waals surface area contributed by atoms with Crippen LogP contribution < -0.4 is 0 Å². The maximum absolute atomic E-state index is 8.91. The molecule has 0 heterocycles. The smallest absolute Gasteiger partial charge is 0.0584 e. The predicted molar refractivity (Wildman–Crippen MR) is 48.6 cm³/mol. The summed E-state index contributed by atoms with van der Waals surface area (Å²) in [4.78, 5) is 2.30. The SMILES string of the molecule is CCN(CC(C)C)C(C)CO. The molecule has 0 saturated carbocycles. The van der Waals surface area contributed by atoms with Gasteiger partial charge in [0.05, 0.1) is 6.61 Å². The minimum Gasteiger partial charge on any atom is -0.395 e. The van der Waals surface area contributed by atoms with Crippen molar-refractivity contribution in [2.45, 2.75) is 33.7 Å². The molecule has 11 heavy (non-hydrogen) atoms. The van der Waals surface area contributed by atoms with Gasteiger partial charge in [0, 0.05) is 12.6 Å². The number of hydrogen-bond donors (Lipinski definition) is 1. The number of nitrogens with zero attached hydrogens (tertiary/aromatic N) is 1. The molecule has 0 aliphatic rings. The van der Waals surface area contributed by atoms with Crippen LogP contribution in [0.5, 0.6) is 0 Å². The van der Waals surface area contributed by atoms with E-state index in [1.54, 1.807) is 0 Å². The lowest BCUT2D eigenvalue weighted by Crippen LogP contribution is -2.37. The van der Waals surface area contributed by atoms with E-state index in [-0.39, 0.29) is 6.61 Å². The summed E-state index contributed by atoms with van der Waals surface area (Å²) in [6.45, 7) is 11.0. The van der Waals surface area contributed by atoms with Crippen LogP contribution in [0.25, 0.3) is 0 Å². The summed E-state index contributed by atoms with van der Waals surface area (Å²) in [7, 11) is 0. The molecule has 0 bridgehead atoms. The number of aliphatic hydroxyl groups excluding tert-OH is 1. The molecule has 0 aliphatic heterocycles. The third-order valence-electron chi connectivity index (χ3n) is 1.89. The number of aliphatic hydroxyl groups is 1. The molecule has 68 valence electrons. The van der Waals surface area contributed by atoms with Crippen LogP contribution in [-0.4, -0.2) is 35.7 Å². The maximum atomic E-state index is 8.91. The van der Waals surface area contributed by atoms with Crippen molar-refractivity contribution in [3.63, 3.8) is 0 Å². The van der Waals surface area contributed by atoms with Crippen LogP contribution in [0.4, 0.5) is 0 Å².